The Morgan fingerprint density at radius 1 is 1.15 bits per heavy atom. The van der Waals surface area contributed by atoms with Gasteiger partial charge in [0.15, 0.2) is 5.69 Å². The third kappa shape index (κ3) is 4.49. The van der Waals surface area contributed by atoms with Crippen molar-refractivity contribution >= 4 is 16.8 Å². The van der Waals surface area contributed by atoms with E-state index in [4.69, 9.17) is 0 Å². The first-order valence-corrected chi connectivity index (χ1v) is 12.4. The molecule has 0 bridgehead atoms. The topological polar surface area (TPSA) is 72.5 Å². The smallest absolute Gasteiger partial charge is 0.274 e. The number of aromatic hydroxyl groups is 1. The summed E-state index contributed by atoms with van der Waals surface area (Å²) in [6.45, 7) is 6.06. The number of carbonyl (C=O) groups excluding carboxylic acids is 1. The number of hydrogen-bond donors (Lipinski definition) is 2. The van der Waals surface area contributed by atoms with Gasteiger partial charge in [0.1, 0.15) is 5.75 Å². The standard InChI is InChI=1S/C27H34N4O2/c1-2-14-31(21-10-11-22-20(17-21)6-5-9-25(22)32)18-19-12-15-30(16-13-19)27(33)26-23-7-3-4-8-24(23)28-29-26/h3-9,19,21,32H,2,10-18H2,1H3,(H,28,29). The van der Waals surface area contributed by atoms with Gasteiger partial charge in [0.25, 0.3) is 5.91 Å². The Hall–Kier alpha value is -2.86. The molecule has 2 heterocycles. The molecule has 1 unspecified atom stereocenters. The summed E-state index contributed by atoms with van der Waals surface area (Å²) >= 11 is 0. The number of nitrogens with one attached hydrogen (secondary N) is 1. The minimum Gasteiger partial charge on any atom is -0.508 e. The highest BCUT2D eigenvalue weighted by molar-refractivity contribution is 6.04. The highest BCUT2D eigenvalue weighted by Crippen LogP contribution is 2.32. The fourth-order valence-corrected chi connectivity index (χ4v) is 5.72. The molecule has 0 radical (unpaired) electrons. The highest BCUT2D eigenvalue weighted by Gasteiger charge is 2.30. The maximum Gasteiger partial charge on any atom is 0.274 e. The van der Waals surface area contributed by atoms with Gasteiger partial charge in [-0.2, -0.15) is 5.10 Å². The Labute approximate surface area is 195 Å². The quantitative estimate of drug-likeness (QED) is 0.589. The van der Waals surface area contributed by atoms with Crippen LogP contribution in [0.1, 0.15) is 54.2 Å². The van der Waals surface area contributed by atoms with E-state index in [0.29, 0.717) is 23.4 Å². The fourth-order valence-electron chi connectivity index (χ4n) is 5.72. The van der Waals surface area contributed by atoms with E-state index in [-0.39, 0.29) is 5.91 Å². The van der Waals surface area contributed by atoms with E-state index < -0.39 is 0 Å². The van der Waals surface area contributed by atoms with Crippen LogP contribution in [0, 0.1) is 5.92 Å². The van der Waals surface area contributed by atoms with Crippen LogP contribution in [-0.4, -0.2) is 63.2 Å². The van der Waals surface area contributed by atoms with Crippen molar-refractivity contribution in [3.05, 3.63) is 59.3 Å². The van der Waals surface area contributed by atoms with E-state index in [1.54, 1.807) is 0 Å². The number of nitrogens with zero attached hydrogens (tertiary/aromatic N) is 3. The number of carbonyl (C=O) groups is 1. The average molecular weight is 447 g/mol. The van der Waals surface area contributed by atoms with Crippen molar-refractivity contribution in [2.24, 2.45) is 5.92 Å². The minimum atomic E-state index is 0.0417. The summed E-state index contributed by atoms with van der Waals surface area (Å²) in [5.41, 5.74) is 3.90. The summed E-state index contributed by atoms with van der Waals surface area (Å²) in [6.07, 6.45) is 6.31. The van der Waals surface area contributed by atoms with E-state index in [1.807, 2.05) is 41.3 Å². The van der Waals surface area contributed by atoms with Gasteiger partial charge in [-0.05, 0) is 74.2 Å². The van der Waals surface area contributed by atoms with Crippen LogP contribution in [0.25, 0.3) is 10.9 Å². The third-order valence-corrected chi connectivity index (χ3v) is 7.53. The van der Waals surface area contributed by atoms with Crippen LogP contribution in [0.15, 0.2) is 42.5 Å². The summed E-state index contributed by atoms with van der Waals surface area (Å²) in [5, 5.41) is 18.4. The molecule has 1 atom stereocenters. The van der Waals surface area contributed by atoms with Crippen LogP contribution in [-0.2, 0) is 12.8 Å². The molecule has 2 aromatic carbocycles. The van der Waals surface area contributed by atoms with E-state index in [9.17, 15) is 9.90 Å². The Morgan fingerprint density at radius 2 is 1.97 bits per heavy atom. The summed E-state index contributed by atoms with van der Waals surface area (Å²) in [5.74, 6) is 1.11. The molecule has 33 heavy (non-hydrogen) atoms. The predicted octanol–water partition coefficient (Wildman–Crippen LogP) is 4.39. The zero-order valence-corrected chi connectivity index (χ0v) is 19.5. The van der Waals surface area contributed by atoms with Crippen molar-refractivity contribution in [2.75, 3.05) is 26.2 Å². The molecular formula is C27H34N4O2. The van der Waals surface area contributed by atoms with Crippen molar-refractivity contribution in [3.63, 3.8) is 0 Å². The molecule has 1 saturated heterocycles. The van der Waals surface area contributed by atoms with E-state index >= 15 is 0 Å². The van der Waals surface area contributed by atoms with Gasteiger partial charge in [-0.15, -0.1) is 0 Å². The second-order valence-electron chi connectivity index (χ2n) is 9.66. The highest BCUT2D eigenvalue weighted by atomic mass is 16.3. The number of benzene rings is 2. The number of aromatic nitrogens is 2. The molecule has 1 aliphatic heterocycles. The van der Waals surface area contributed by atoms with Gasteiger partial charge in [0.05, 0.1) is 5.52 Å². The van der Waals surface area contributed by atoms with Crippen LogP contribution in [0.5, 0.6) is 5.75 Å². The average Bonchev–Trinajstić information content (AvgIpc) is 3.28. The number of amides is 1. The van der Waals surface area contributed by atoms with Gasteiger partial charge in [0, 0.05) is 31.1 Å². The number of rotatable bonds is 6. The minimum absolute atomic E-state index is 0.0417. The first-order valence-electron chi connectivity index (χ1n) is 12.4. The Kier molecular flexibility index (Phi) is 6.36. The van der Waals surface area contributed by atoms with E-state index in [2.05, 4.69) is 28.1 Å². The molecule has 6 heteroatoms. The lowest BCUT2D eigenvalue weighted by Crippen LogP contribution is -2.46. The number of likely N-dealkylation sites (tertiary alicyclic amines) is 1. The zero-order chi connectivity index (χ0) is 22.8. The number of piperidine rings is 1. The van der Waals surface area contributed by atoms with Crippen molar-refractivity contribution in [1.82, 2.24) is 20.0 Å². The van der Waals surface area contributed by atoms with Crippen LogP contribution in [0.3, 0.4) is 0 Å². The van der Waals surface area contributed by atoms with Crippen LogP contribution >= 0.6 is 0 Å². The summed E-state index contributed by atoms with van der Waals surface area (Å²) in [6, 6.07) is 14.3. The Bertz CT molecular complexity index is 1120. The maximum atomic E-state index is 13.1. The summed E-state index contributed by atoms with van der Waals surface area (Å²) in [7, 11) is 0. The lowest BCUT2D eigenvalue weighted by molar-refractivity contribution is 0.0638. The SMILES string of the molecule is CCCN(CC1CCN(C(=O)c2n[nH]c3ccccc23)CC1)C1CCc2c(O)cccc2C1. The molecule has 5 rings (SSSR count). The predicted molar refractivity (Wildman–Crippen MR) is 131 cm³/mol. The van der Waals surface area contributed by atoms with Crippen LogP contribution < -0.4 is 0 Å². The van der Waals surface area contributed by atoms with E-state index in [0.717, 1.165) is 81.2 Å². The molecular weight excluding hydrogens is 412 g/mol. The molecule has 3 aromatic rings. The number of phenolic OH excluding ortho intramolecular Hbond substituents is 1. The van der Waals surface area contributed by atoms with Crippen molar-refractivity contribution in [3.8, 4) is 5.75 Å². The van der Waals surface area contributed by atoms with E-state index in [1.165, 1.54) is 5.56 Å². The zero-order valence-electron chi connectivity index (χ0n) is 19.5. The number of para-hydroxylation sites is 1. The molecule has 0 spiro atoms. The molecule has 2 aliphatic rings. The third-order valence-electron chi connectivity index (χ3n) is 7.53. The van der Waals surface area contributed by atoms with Gasteiger partial charge in [-0.1, -0.05) is 37.3 Å². The Balaban J connectivity index is 1.20. The van der Waals surface area contributed by atoms with Gasteiger partial charge < -0.3 is 10.0 Å². The molecule has 2 N–H and O–H groups in total. The molecule has 1 fully saturated rings. The number of fused-ring (bicyclic) bond motifs is 2. The lowest BCUT2D eigenvalue weighted by atomic mass is 9.86. The summed E-state index contributed by atoms with van der Waals surface area (Å²) in [4.78, 5) is 17.8. The number of hydrogen-bond acceptors (Lipinski definition) is 4. The first-order chi connectivity index (χ1) is 16.1. The van der Waals surface area contributed by atoms with Gasteiger partial charge in [0.2, 0.25) is 0 Å². The van der Waals surface area contributed by atoms with Crippen molar-refractivity contribution in [2.45, 2.75) is 51.5 Å². The van der Waals surface area contributed by atoms with Gasteiger partial charge >= 0.3 is 0 Å². The largest absolute Gasteiger partial charge is 0.508 e. The molecule has 0 saturated carbocycles. The number of aromatic amines is 1. The molecule has 1 aliphatic carbocycles. The fraction of sp³-hybridized carbons (Fsp3) is 0.481. The van der Waals surface area contributed by atoms with Crippen molar-refractivity contribution < 1.29 is 9.90 Å². The second kappa shape index (κ2) is 9.56. The summed E-state index contributed by atoms with van der Waals surface area (Å²) < 4.78 is 0. The van der Waals surface area contributed by atoms with Crippen LogP contribution in [0.4, 0.5) is 0 Å². The molecule has 6 nitrogen and oxygen atoms in total. The second-order valence-corrected chi connectivity index (χ2v) is 9.66. The van der Waals surface area contributed by atoms with Crippen LogP contribution in [0.2, 0.25) is 0 Å². The molecule has 174 valence electrons. The number of H-pyrrole nitrogens is 1. The monoisotopic (exact) mass is 446 g/mol. The van der Waals surface area contributed by atoms with Crippen molar-refractivity contribution in [1.29, 1.82) is 0 Å². The maximum absolute atomic E-state index is 13.1. The molecule has 1 aromatic heterocycles. The van der Waals surface area contributed by atoms with Gasteiger partial charge in [-0.25, -0.2) is 0 Å². The first kappa shape index (κ1) is 22.0. The Morgan fingerprint density at radius 3 is 2.79 bits per heavy atom. The molecule has 1 amide bonds. The number of phenols is 1. The lowest BCUT2D eigenvalue weighted by Gasteiger charge is -2.39. The van der Waals surface area contributed by atoms with Gasteiger partial charge in [-0.3, -0.25) is 14.8 Å². The normalized spacial score (nSPS) is 19.2.